The molecule has 4 heterocycles. The normalized spacial score (nSPS) is 21.3. The number of nitrogens with zero attached hydrogens (tertiary/aromatic N) is 6. The quantitative estimate of drug-likeness (QED) is 0.361. The smallest absolute Gasteiger partial charge is 0.353 e. The van der Waals surface area contributed by atoms with Gasteiger partial charge in [0.2, 0.25) is 6.04 Å². The summed E-state index contributed by atoms with van der Waals surface area (Å²) in [5, 5.41) is 15.4. The summed E-state index contributed by atoms with van der Waals surface area (Å²) >= 11 is 8.66. The van der Waals surface area contributed by atoms with Crippen LogP contribution in [0.15, 0.2) is 20.8 Å². The topological polar surface area (TPSA) is 194 Å². The predicted octanol–water partition coefficient (Wildman–Crippen LogP) is 1.01. The standard InChI is InChI=1S/C14H11ClN8O5S3/c15-8-11(22-31-20-8)29-4-2-1-3-5(12(25)23(3)7(4)13(26)27)17-10(24)6(19-28)9-18-14(16)30-21-9/h3,5-6H,1-2H2,(H,17,24)(H,26,27)(H2,16,18,21). The van der Waals surface area contributed by atoms with Gasteiger partial charge in [-0.05, 0) is 18.0 Å². The number of thioether (sulfide) groups is 1. The van der Waals surface area contributed by atoms with E-state index in [9.17, 15) is 24.4 Å². The number of β-lactam (4-membered cyclic amide) rings is 1. The number of nitrogens with two attached hydrogens (primary N) is 1. The number of hydrogen-bond donors (Lipinski definition) is 3. The van der Waals surface area contributed by atoms with E-state index in [1.807, 2.05) is 0 Å². The minimum absolute atomic E-state index is 0.0614. The number of nitrogens with one attached hydrogen (secondary N) is 1. The lowest BCUT2D eigenvalue weighted by Gasteiger charge is -2.50. The largest absolute Gasteiger partial charge is 0.477 e. The third-order valence-electron chi connectivity index (χ3n) is 4.59. The molecule has 17 heteroatoms. The third kappa shape index (κ3) is 3.86. The number of aliphatic carboxylic acids is 1. The molecule has 0 radical (unpaired) electrons. The zero-order chi connectivity index (χ0) is 22.3. The zero-order valence-corrected chi connectivity index (χ0v) is 18.3. The number of hydrogen-bond acceptors (Lipinski definition) is 13. The summed E-state index contributed by atoms with van der Waals surface area (Å²) in [4.78, 5) is 53.5. The summed E-state index contributed by atoms with van der Waals surface area (Å²) < 4.78 is 11.6. The lowest BCUT2D eigenvalue weighted by atomic mass is 9.86. The fourth-order valence-electron chi connectivity index (χ4n) is 3.28. The number of allylic oxidation sites excluding steroid dienone is 1. The van der Waals surface area contributed by atoms with E-state index >= 15 is 0 Å². The maximum absolute atomic E-state index is 12.7. The molecule has 162 valence electrons. The van der Waals surface area contributed by atoms with Crippen molar-refractivity contribution in [1.82, 2.24) is 28.3 Å². The molecule has 1 fully saturated rings. The van der Waals surface area contributed by atoms with Crippen LogP contribution >= 0.6 is 46.6 Å². The number of carbonyl (C=O) groups excluding carboxylic acids is 2. The van der Waals surface area contributed by atoms with E-state index in [1.54, 1.807) is 0 Å². The average molecular weight is 503 g/mol. The first-order chi connectivity index (χ1) is 14.8. The van der Waals surface area contributed by atoms with Crippen molar-refractivity contribution in [2.75, 3.05) is 5.73 Å². The Labute approximate surface area is 190 Å². The van der Waals surface area contributed by atoms with Crippen LogP contribution in [0.2, 0.25) is 5.15 Å². The van der Waals surface area contributed by atoms with Crippen LogP contribution in [0.4, 0.5) is 5.13 Å². The number of rotatable bonds is 7. The van der Waals surface area contributed by atoms with Crippen molar-refractivity contribution in [3.05, 3.63) is 26.5 Å². The summed E-state index contributed by atoms with van der Waals surface area (Å²) in [6, 6.07) is -3.16. The van der Waals surface area contributed by atoms with Crippen molar-refractivity contribution in [2.24, 2.45) is 5.18 Å². The number of carboxylic acid groups (broad SMARTS) is 1. The van der Waals surface area contributed by atoms with E-state index < -0.39 is 35.9 Å². The van der Waals surface area contributed by atoms with Crippen LogP contribution in [-0.4, -0.2) is 58.0 Å². The lowest BCUT2D eigenvalue weighted by Crippen LogP contribution is -2.71. The summed E-state index contributed by atoms with van der Waals surface area (Å²) in [5.74, 6) is -2.95. The molecule has 3 atom stereocenters. The summed E-state index contributed by atoms with van der Waals surface area (Å²) in [5.41, 5.74) is 5.27. The fourth-order valence-corrected chi connectivity index (χ4v) is 5.57. The van der Waals surface area contributed by atoms with Crippen molar-refractivity contribution in [2.45, 2.75) is 36.0 Å². The monoisotopic (exact) mass is 502 g/mol. The summed E-state index contributed by atoms with van der Waals surface area (Å²) in [7, 11) is 0. The van der Waals surface area contributed by atoms with Crippen molar-refractivity contribution < 1.29 is 19.5 Å². The van der Waals surface area contributed by atoms with Crippen LogP contribution < -0.4 is 11.1 Å². The fraction of sp³-hybridized carbons (Fsp3) is 0.357. The molecule has 2 amide bonds. The van der Waals surface area contributed by atoms with Gasteiger partial charge in [0.1, 0.15) is 11.7 Å². The molecule has 0 spiro atoms. The number of nitrogen functional groups attached to an aromatic ring is 1. The number of aromatic nitrogens is 4. The van der Waals surface area contributed by atoms with Gasteiger partial charge in [-0.2, -0.15) is 13.1 Å². The van der Waals surface area contributed by atoms with Gasteiger partial charge in [0, 0.05) is 16.4 Å². The van der Waals surface area contributed by atoms with Gasteiger partial charge < -0.3 is 16.2 Å². The highest BCUT2D eigenvalue weighted by Crippen LogP contribution is 2.44. The second kappa shape index (κ2) is 8.45. The van der Waals surface area contributed by atoms with Gasteiger partial charge in [-0.25, -0.2) is 9.78 Å². The number of carboxylic acids is 1. The van der Waals surface area contributed by atoms with Gasteiger partial charge >= 0.3 is 5.97 Å². The zero-order valence-electron chi connectivity index (χ0n) is 15.1. The van der Waals surface area contributed by atoms with Crippen LogP contribution in [0, 0.1) is 4.91 Å². The molecular formula is C14H11ClN8O5S3. The van der Waals surface area contributed by atoms with Crippen molar-refractivity contribution in [3.8, 4) is 0 Å². The molecule has 13 nitrogen and oxygen atoms in total. The molecule has 2 aromatic rings. The maximum Gasteiger partial charge on any atom is 0.353 e. The van der Waals surface area contributed by atoms with E-state index in [4.69, 9.17) is 17.3 Å². The highest BCUT2D eigenvalue weighted by Gasteiger charge is 2.54. The predicted molar refractivity (Wildman–Crippen MR) is 110 cm³/mol. The number of nitroso groups, excluding NO2 is 1. The molecule has 2 aliphatic heterocycles. The number of carbonyl (C=O) groups is 3. The number of anilines is 1. The highest BCUT2D eigenvalue weighted by molar-refractivity contribution is 8.03. The Morgan fingerprint density at radius 3 is 2.74 bits per heavy atom. The second-order valence-corrected chi connectivity index (χ2v) is 9.09. The van der Waals surface area contributed by atoms with Gasteiger partial charge in [0.25, 0.3) is 11.8 Å². The van der Waals surface area contributed by atoms with Gasteiger partial charge in [0.05, 0.1) is 17.8 Å². The van der Waals surface area contributed by atoms with E-state index in [0.29, 0.717) is 22.8 Å². The Balaban J connectivity index is 1.52. The molecule has 0 aliphatic carbocycles. The molecule has 4 rings (SSSR count). The van der Waals surface area contributed by atoms with E-state index in [1.165, 1.54) is 0 Å². The Hall–Kier alpha value is -2.69. The molecule has 2 aliphatic rings. The molecule has 2 aromatic heterocycles. The third-order valence-corrected chi connectivity index (χ3v) is 7.39. The Morgan fingerprint density at radius 2 is 2.16 bits per heavy atom. The van der Waals surface area contributed by atoms with Gasteiger partial charge in [0.15, 0.2) is 21.1 Å². The molecule has 0 aromatic carbocycles. The minimum atomic E-state index is -1.57. The number of amides is 2. The summed E-state index contributed by atoms with van der Waals surface area (Å²) in [6.45, 7) is 0. The molecule has 1 saturated heterocycles. The van der Waals surface area contributed by atoms with Crippen LogP contribution in [0.1, 0.15) is 24.7 Å². The van der Waals surface area contributed by atoms with Gasteiger partial charge in [-0.1, -0.05) is 23.4 Å². The van der Waals surface area contributed by atoms with Crippen molar-refractivity contribution >= 4 is 69.5 Å². The van der Waals surface area contributed by atoms with Gasteiger partial charge in [-0.3, -0.25) is 14.5 Å². The first kappa shape index (κ1) is 21.5. The van der Waals surface area contributed by atoms with Gasteiger partial charge in [-0.15, -0.1) is 4.91 Å². The van der Waals surface area contributed by atoms with Crippen LogP contribution in [0.3, 0.4) is 0 Å². The van der Waals surface area contributed by atoms with E-state index in [-0.39, 0.29) is 21.8 Å². The summed E-state index contributed by atoms with van der Waals surface area (Å²) in [6.07, 6.45) is 0.701. The lowest BCUT2D eigenvalue weighted by molar-refractivity contribution is -0.156. The Bertz CT molecular complexity index is 1120. The van der Waals surface area contributed by atoms with Crippen molar-refractivity contribution in [1.29, 1.82) is 0 Å². The molecule has 0 bridgehead atoms. The number of halogens is 1. The average Bonchev–Trinajstić information content (AvgIpc) is 3.34. The van der Waals surface area contributed by atoms with Crippen LogP contribution in [0.5, 0.6) is 0 Å². The number of fused-ring (bicyclic) bond motifs is 1. The first-order valence-electron chi connectivity index (χ1n) is 8.49. The SMILES string of the molecule is Nc1nc(C(N=O)C(=O)NC2C(=O)N3C(C(=O)O)=C(Sc4nsnc4Cl)CCC23)ns1. The Morgan fingerprint density at radius 1 is 1.39 bits per heavy atom. The highest BCUT2D eigenvalue weighted by atomic mass is 35.5. The Kier molecular flexibility index (Phi) is 5.87. The molecular weight excluding hydrogens is 492 g/mol. The second-order valence-electron chi connectivity index (χ2n) is 6.34. The maximum atomic E-state index is 12.7. The van der Waals surface area contributed by atoms with Crippen LogP contribution in [0.25, 0.3) is 0 Å². The molecule has 31 heavy (non-hydrogen) atoms. The van der Waals surface area contributed by atoms with E-state index in [2.05, 4.69) is 28.6 Å². The van der Waals surface area contributed by atoms with Crippen LogP contribution in [-0.2, 0) is 14.4 Å². The molecule has 4 N–H and O–H groups in total. The molecule has 3 unspecified atom stereocenters. The van der Waals surface area contributed by atoms with E-state index in [0.717, 1.165) is 39.9 Å². The first-order valence-corrected chi connectivity index (χ1v) is 11.2. The minimum Gasteiger partial charge on any atom is -0.477 e. The molecule has 0 saturated carbocycles. The van der Waals surface area contributed by atoms with Crippen molar-refractivity contribution in [3.63, 3.8) is 0 Å².